The van der Waals surface area contributed by atoms with Crippen LogP contribution < -0.4 is 4.80 Å². The van der Waals surface area contributed by atoms with Crippen LogP contribution in [0.4, 0.5) is 0 Å². The van der Waals surface area contributed by atoms with Gasteiger partial charge >= 0.3 is 0 Å². The summed E-state index contributed by atoms with van der Waals surface area (Å²) in [5, 5.41) is 1.73. The number of methoxy groups -OCH3 is 1. The largest absolute Gasteiger partial charge is 0.383 e. The average Bonchev–Trinajstić information content (AvgIpc) is 3.47. The number of aryl methyl sites for hydroxylation is 2. The molecule has 0 saturated carbocycles. The van der Waals surface area contributed by atoms with Crippen molar-refractivity contribution in [3.8, 4) is 0 Å². The molecule has 2 aromatic heterocycles. The number of carbonyl (C=O) groups excluding carboxylic acids is 1. The van der Waals surface area contributed by atoms with Gasteiger partial charge in [0, 0.05) is 20.2 Å². The van der Waals surface area contributed by atoms with E-state index in [1.807, 2.05) is 18.4 Å². The fourth-order valence-corrected chi connectivity index (χ4v) is 7.85. The molecule has 31 heavy (non-hydrogen) atoms. The van der Waals surface area contributed by atoms with Crippen LogP contribution in [0.15, 0.2) is 38.8 Å². The number of hydrogen-bond acceptors (Lipinski definition) is 6. The highest BCUT2D eigenvalue weighted by molar-refractivity contribution is 7.91. The lowest BCUT2D eigenvalue weighted by Gasteiger charge is -2.20. The van der Waals surface area contributed by atoms with Crippen LogP contribution >= 0.6 is 22.7 Å². The lowest BCUT2D eigenvalue weighted by molar-refractivity contribution is -0.121. The summed E-state index contributed by atoms with van der Waals surface area (Å²) in [5.74, 6) is -0.412. The van der Waals surface area contributed by atoms with E-state index in [0.29, 0.717) is 37.3 Å². The van der Waals surface area contributed by atoms with Crippen molar-refractivity contribution in [1.82, 2.24) is 8.87 Å². The van der Waals surface area contributed by atoms with Gasteiger partial charge in [-0.15, -0.1) is 11.3 Å². The Kier molecular flexibility index (Phi) is 6.45. The number of benzene rings is 1. The first-order valence-electron chi connectivity index (χ1n) is 10.1. The molecule has 10 heteroatoms. The van der Waals surface area contributed by atoms with Gasteiger partial charge < -0.3 is 9.30 Å². The van der Waals surface area contributed by atoms with Gasteiger partial charge in [0.1, 0.15) is 10.3 Å². The summed E-state index contributed by atoms with van der Waals surface area (Å²) in [6, 6.07) is 6.71. The number of thiazole rings is 1. The van der Waals surface area contributed by atoms with E-state index in [-0.39, 0.29) is 4.21 Å². The van der Waals surface area contributed by atoms with Crippen molar-refractivity contribution in [3.05, 3.63) is 45.6 Å². The minimum atomic E-state index is -3.70. The topological polar surface area (TPSA) is 81.0 Å². The van der Waals surface area contributed by atoms with Crippen molar-refractivity contribution >= 4 is 48.8 Å². The van der Waals surface area contributed by atoms with Crippen LogP contribution in [-0.2, 0) is 26.1 Å². The molecule has 1 fully saturated rings. The van der Waals surface area contributed by atoms with Crippen molar-refractivity contribution in [2.24, 2.45) is 4.99 Å². The van der Waals surface area contributed by atoms with Gasteiger partial charge in [0.2, 0.25) is 0 Å². The molecule has 0 aliphatic carbocycles. The van der Waals surface area contributed by atoms with Crippen LogP contribution in [0.1, 0.15) is 24.0 Å². The SMILES string of the molecule is COCCn1c(=NC(=O)C2CCCN2S(=O)(=O)c2cccs2)sc2c(C)cc(C)cc21. The highest BCUT2D eigenvalue weighted by atomic mass is 32.2. The number of rotatable bonds is 6. The number of fused-ring (bicyclic) bond motifs is 1. The van der Waals surface area contributed by atoms with Crippen LogP contribution in [0.25, 0.3) is 10.2 Å². The molecular weight excluding hydrogens is 454 g/mol. The molecule has 1 unspecified atom stereocenters. The van der Waals surface area contributed by atoms with Crippen LogP contribution in [0.2, 0.25) is 0 Å². The van der Waals surface area contributed by atoms with E-state index in [1.165, 1.54) is 15.6 Å². The van der Waals surface area contributed by atoms with Crippen molar-refractivity contribution in [2.75, 3.05) is 20.3 Å². The number of carbonyl (C=O) groups is 1. The standard InChI is InChI=1S/C21H25N3O4S3/c1-14-12-15(2)19-17(13-14)23(9-10-28-3)21(30-19)22-20(25)16-6-4-8-24(16)31(26,27)18-7-5-11-29-18/h5,7,11-13,16H,4,6,8-10H2,1-3H3. The zero-order valence-electron chi connectivity index (χ0n) is 17.7. The molecule has 3 aromatic rings. The van der Waals surface area contributed by atoms with Gasteiger partial charge in [0.25, 0.3) is 15.9 Å². The van der Waals surface area contributed by atoms with Gasteiger partial charge in [-0.1, -0.05) is 23.5 Å². The molecule has 7 nitrogen and oxygen atoms in total. The minimum absolute atomic E-state index is 0.260. The maximum atomic E-state index is 13.2. The number of nitrogens with zero attached hydrogens (tertiary/aromatic N) is 3. The summed E-state index contributed by atoms with van der Waals surface area (Å²) in [4.78, 5) is 18.2. The first kappa shape index (κ1) is 22.3. The van der Waals surface area contributed by atoms with Gasteiger partial charge in [-0.25, -0.2) is 8.42 Å². The van der Waals surface area contributed by atoms with Gasteiger partial charge in [-0.05, 0) is 55.3 Å². The van der Waals surface area contributed by atoms with E-state index in [0.717, 1.165) is 32.7 Å². The molecule has 0 N–H and O–H groups in total. The lowest BCUT2D eigenvalue weighted by atomic mass is 10.1. The summed E-state index contributed by atoms with van der Waals surface area (Å²) in [6.07, 6.45) is 1.12. The Bertz CT molecular complexity index is 1270. The molecule has 1 aliphatic rings. The summed E-state index contributed by atoms with van der Waals surface area (Å²) in [6.45, 7) is 5.47. The number of sulfonamides is 1. The van der Waals surface area contributed by atoms with Crippen molar-refractivity contribution in [1.29, 1.82) is 0 Å². The normalized spacial score (nSPS) is 18.3. The van der Waals surface area contributed by atoms with Gasteiger partial charge in [0.15, 0.2) is 4.80 Å². The quantitative estimate of drug-likeness (QED) is 0.543. The van der Waals surface area contributed by atoms with Crippen molar-refractivity contribution < 1.29 is 17.9 Å². The smallest absolute Gasteiger partial charge is 0.266 e. The molecule has 1 aliphatic heterocycles. The summed E-state index contributed by atoms with van der Waals surface area (Å²) >= 11 is 2.62. The Morgan fingerprint density at radius 1 is 1.32 bits per heavy atom. The maximum Gasteiger partial charge on any atom is 0.266 e. The molecule has 1 amide bonds. The van der Waals surface area contributed by atoms with Gasteiger partial charge in [-0.3, -0.25) is 4.79 Å². The zero-order chi connectivity index (χ0) is 22.2. The van der Waals surface area contributed by atoms with Crippen molar-refractivity contribution in [3.63, 3.8) is 0 Å². The minimum Gasteiger partial charge on any atom is -0.383 e. The number of ether oxygens (including phenoxy) is 1. The third-order valence-corrected chi connectivity index (χ3v) is 9.90. The van der Waals surface area contributed by atoms with E-state index < -0.39 is 22.0 Å². The second-order valence-corrected chi connectivity index (χ2v) is 11.7. The molecule has 1 atom stereocenters. The number of aromatic nitrogens is 1. The van der Waals surface area contributed by atoms with Crippen LogP contribution in [-0.4, -0.2) is 49.5 Å². The lowest BCUT2D eigenvalue weighted by Crippen LogP contribution is -2.40. The highest BCUT2D eigenvalue weighted by Gasteiger charge is 2.40. The fourth-order valence-electron chi connectivity index (χ4n) is 3.97. The molecule has 3 heterocycles. The second-order valence-electron chi connectivity index (χ2n) is 7.62. The van der Waals surface area contributed by atoms with Crippen LogP contribution in [0.3, 0.4) is 0 Å². The Hall–Kier alpha value is -1.85. The van der Waals surface area contributed by atoms with Gasteiger partial charge in [-0.2, -0.15) is 9.30 Å². The summed E-state index contributed by atoms with van der Waals surface area (Å²) in [7, 11) is -2.06. The molecular formula is C21H25N3O4S3. The maximum absolute atomic E-state index is 13.2. The second kappa shape index (κ2) is 8.95. The highest BCUT2D eigenvalue weighted by Crippen LogP contribution is 2.29. The predicted octanol–water partition coefficient (Wildman–Crippen LogP) is 3.31. The van der Waals surface area contributed by atoms with E-state index >= 15 is 0 Å². The monoisotopic (exact) mass is 479 g/mol. The molecule has 0 spiro atoms. The Balaban J connectivity index is 1.75. The third-order valence-electron chi connectivity index (χ3n) is 5.39. The molecule has 166 valence electrons. The first-order chi connectivity index (χ1) is 14.8. The molecule has 0 radical (unpaired) electrons. The molecule has 1 aromatic carbocycles. The molecule has 4 rings (SSSR count). The Labute approximate surface area is 189 Å². The number of thiophene rings is 1. The van der Waals surface area contributed by atoms with E-state index in [1.54, 1.807) is 24.6 Å². The number of amides is 1. The molecule has 1 saturated heterocycles. The summed E-state index contributed by atoms with van der Waals surface area (Å²) < 4.78 is 35.9. The van der Waals surface area contributed by atoms with E-state index in [2.05, 4.69) is 17.1 Å². The summed E-state index contributed by atoms with van der Waals surface area (Å²) in [5.41, 5.74) is 3.28. The fraction of sp³-hybridized carbons (Fsp3) is 0.429. The number of hydrogen-bond donors (Lipinski definition) is 0. The Morgan fingerprint density at radius 2 is 2.13 bits per heavy atom. The zero-order valence-corrected chi connectivity index (χ0v) is 20.1. The molecule has 0 bridgehead atoms. The third kappa shape index (κ3) is 4.27. The van der Waals surface area contributed by atoms with Crippen LogP contribution in [0, 0.1) is 13.8 Å². The first-order valence-corrected chi connectivity index (χ1v) is 13.2. The van der Waals surface area contributed by atoms with E-state index in [4.69, 9.17) is 4.74 Å². The van der Waals surface area contributed by atoms with Crippen molar-refractivity contribution in [2.45, 2.75) is 43.5 Å². The average molecular weight is 480 g/mol. The predicted molar refractivity (Wildman–Crippen MR) is 123 cm³/mol. The van der Waals surface area contributed by atoms with E-state index in [9.17, 15) is 13.2 Å². The van der Waals surface area contributed by atoms with Gasteiger partial charge in [0.05, 0.1) is 16.8 Å². The Morgan fingerprint density at radius 3 is 2.84 bits per heavy atom. The van der Waals surface area contributed by atoms with Crippen LogP contribution in [0.5, 0.6) is 0 Å².